The van der Waals surface area contributed by atoms with Gasteiger partial charge in [0, 0.05) is 31.8 Å². The fraction of sp³-hybridized carbons (Fsp3) is 0.500. The van der Waals surface area contributed by atoms with Crippen LogP contribution in [0.5, 0.6) is 0 Å². The lowest BCUT2D eigenvalue weighted by Gasteiger charge is -2.31. The molecule has 0 unspecified atom stereocenters. The van der Waals surface area contributed by atoms with Gasteiger partial charge in [0.05, 0.1) is 12.0 Å². The summed E-state index contributed by atoms with van der Waals surface area (Å²) in [6.07, 6.45) is 4.68. The standard InChI is InChI=1S/C20H27N3O2S/c1-15(20(25-2)23-11-6-7-12-23)18(24)22-17(19-21-10-13-26-19)14-16-8-4-3-5-9-16/h3-5,8-10,13,15,17,20H,6-7,11-12,14H2,1-2H3,(H,22,24)/t15-,17-,20+/m0/s1. The summed E-state index contributed by atoms with van der Waals surface area (Å²) >= 11 is 1.58. The van der Waals surface area contributed by atoms with E-state index in [1.165, 1.54) is 18.4 Å². The zero-order valence-electron chi connectivity index (χ0n) is 15.4. The third kappa shape index (κ3) is 4.69. The third-order valence-electron chi connectivity index (χ3n) is 4.93. The maximum absolute atomic E-state index is 13.0. The SMILES string of the molecule is CO[C@H]([C@@H](C)C(=O)N[C@@H](Cc1ccccc1)c1nccs1)N1CCCC1. The number of hydrogen-bond donors (Lipinski definition) is 1. The topological polar surface area (TPSA) is 54.5 Å². The van der Waals surface area contributed by atoms with Crippen LogP contribution in [0.4, 0.5) is 0 Å². The maximum atomic E-state index is 13.0. The molecule has 1 N–H and O–H groups in total. The molecule has 0 bridgehead atoms. The van der Waals surface area contributed by atoms with Gasteiger partial charge in [-0.1, -0.05) is 30.3 Å². The van der Waals surface area contributed by atoms with E-state index in [1.54, 1.807) is 24.6 Å². The van der Waals surface area contributed by atoms with Gasteiger partial charge in [-0.05, 0) is 31.7 Å². The monoisotopic (exact) mass is 373 g/mol. The minimum Gasteiger partial charge on any atom is -0.366 e. The predicted octanol–water partition coefficient (Wildman–Crippen LogP) is 3.25. The molecule has 1 saturated heterocycles. The van der Waals surface area contributed by atoms with Crippen molar-refractivity contribution in [1.82, 2.24) is 15.2 Å². The Hall–Kier alpha value is -1.76. The van der Waals surface area contributed by atoms with Crippen LogP contribution in [0.25, 0.3) is 0 Å². The number of thiazole rings is 1. The van der Waals surface area contributed by atoms with Gasteiger partial charge in [-0.25, -0.2) is 4.98 Å². The van der Waals surface area contributed by atoms with Gasteiger partial charge in [0.1, 0.15) is 11.2 Å². The summed E-state index contributed by atoms with van der Waals surface area (Å²) in [5, 5.41) is 6.09. The second-order valence-corrected chi connectivity index (χ2v) is 7.71. The van der Waals surface area contributed by atoms with E-state index in [0.717, 1.165) is 24.5 Å². The Bertz CT molecular complexity index is 672. The molecule has 1 aliphatic heterocycles. The molecule has 3 rings (SSSR count). The molecule has 140 valence electrons. The first kappa shape index (κ1) is 19.0. The Morgan fingerprint density at radius 1 is 1.31 bits per heavy atom. The van der Waals surface area contributed by atoms with Crippen molar-refractivity contribution >= 4 is 17.2 Å². The average Bonchev–Trinajstić information content (AvgIpc) is 3.37. The van der Waals surface area contributed by atoms with E-state index in [1.807, 2.05) is 30.5 Å². The van der Waals surface area contributed by atoms with Crippen molar-refractivity contribution in [3.05, 3.63) is 52.5 Å². The molecule has 2 heterocycles. The van der Waals surface area contributed by atoms with Crippen molar-refractivity contribution < 1.29 is 9.53 Å². The van der Waals surface area contributed by atoms with Crippen LogP contribution >= 0.6 is 11.3 Å². The summed E-state index contributed by atoms with van der Waals surface area (Å²) in [5.74, 6) is -0.226. The molecule has 3 atom stereocenters. The first-order valence-electron chi connectivity index (χ1n) is 9.19. The molecule has 2 aromatic rings. The maximum Gasteiger partial charge on any atom is 0.227 e. The first-order chi connectivity index (χ1) is 12.7. The highest BCUT2D eigenvalue weighted by molar-refractivity contribution is 7.09. The minimum atomic E-state index is -0.240. The van der Waals surface area contributed by atoms with Gasteiger partial charge in [0.15, 0.2) is 0 Å². The summed E-state index contributed by atoms with van der Waals surface area (Å²) in [5.41, 5.74) is 1.18. The molecule has 26 heavy (non-hydrogen) atoms. The van der Waals surface area contributed by atoms with Crippen LogP contribution in [0.2, 0.25) is 0 Å². The predicted molar refractivity (Wildman–Crippen MR) is 104 cm³/mol. The quantitative estimate of drug-likeness (QED) is 0.772. The number of nitrogens with zero attached hydrogens (tertiary/aromatic N) is 2. The first-order valence-corrected chi connectivity index (χ1v) is 10.1. The molecule has 1 aromatic carbocycles. The van der Waals surface area contributed by atoms with Crippen LogP contribution in [0.1, 0.15) is 36.4 Å². The second-order valence-electron chi connectivity index (χ2n) is 6.78. The number of rotatable bonds is 8. The molecular formula is C20H27N3O2S. The molecule has 6 heteroatoms. The number of likely N-dealkylation sites (tertiary alicyclic amines) is 1. The van der Waals surface area contributed by atoms with Crippen molar-refractivity contribution in [1.29, 1.82) is 0 Å². The van der Waals surface area contributed by atoms with Crippen molar-refractivity contribution in [2.75, 3.05) is 20.2 Å². The normalized spacial score (nSPS) is 18.4. The Morgan fingerprint density at radius 3 is 2.65 bits per heavy atom. The molecule has 5 nitrogen and oxygen atoms in total. The summed E-state index contributed by atoms with van der Waals surface area (Å²) in [6.45, 7) is 3.94. The second kappa shape index (κ2) is 9.26. The molecule has 0 saturated carbocycles. The molecule has 0 spiro atoms. The third-order valence-corrected chi connectivity index (χ3v) is 5.82. The highest BCUT2D eigenvalue weighted by atomic mass is 32.1. The number of carbonyl (C=O) groups is 1. The van der Waals surface area contributed by atoms with E-state index in [2.05, 4.69) is 27.3 Å². The average molecular weight is 374 g/mol. The van der Waals surface area contributed by atoms with Gasteiger partial charge < -0.3 is 10.1 Å². The van der Waals surface area contributed by atoms with Crippen LogP contribution in [0.3, 0.4) is 0 Å². The molecule has 0 aliphatic carbocycles. The number of amides is 1. The van der Waals surface area contributed by atoms with Crippen molar-refractivity contribution in [2.24, 2.45) is 5.92 Å². The minimum absolute atomic E-state index is 0.0138. The lowest BCUT2D eigenvalue weighted by Crippen LogP contribution is -2.46. The summed E-state index contributed by atoms with van der Waals surface area (Å²) in [4.78, 5) is 19.6. The van der Waals surface area contributed by atoms with E-state index >= 15 is 0 Å². The fourth-order valence-electron chi connectivity index (χ4n) is 3.55. The highest BCUT2D eigenvalue weighted by Gasteiger charge is 2.32. The Balaban J connectivity index is 1.70. The lowest BCUT2D eigenvalue weighted by atomic mass is 10.0. The lowest BCUT2D eigenvalue weighted by molar-refractivity contribution is -0.136. The highest BCUT2D eigenvalue weighted by Crippen LogP contribution is 2.23. The summed E-state index contributed by atoms with van der Waals surface area (Å²) in [7, 11) is 1.69. The largest absolute Gasteiger partial charge is 0.366 e. The van der Waals surface area contributed by atoms with Crippen LogP contribution in [0.15, 0.2) is 41.9 Å². The Morgan fingerprint density at radius 2 is 2.04 bits per heavy atom. The van der Waals surface area contributed by atoms with Crippen LogP contribution < -0.4 is 5.32 Å². The number of carbonyl (C=O) groups excluding carboxylic acids is 1. The van der Waals surface area contributed by atoms with Crippen LogP contribution in [0, 0.1) is 5.92 Å². The summed E-state index contributed by atoms with van der Waals surface area (Å²) in [6, 6.07) is 10.1. The number of benzene rings is 1. The van der Waals surface area contributed by atoms with Gasteiger partial charge >= 0.3 is 0 Å². The number of hydrogen-bond acceptors (Lipinski definition) is 5. The molecular weight excluding hydrogens is 346 g/mol. The number of ether oxygens (including phenoxy) is 1. The molecule has 0 radical (unpaired) electrons. The number of methoxy groups -OCH3 is 1. The van der Waals surface area contributed by atoms with Crippen molar-refractivity contribution in [3.63, 3.8) is 0 Å². The van der Waals surface area contributed by atoms with E-state index in [0.29, 0.717) is 0 Å². The van der Waals surface area contributed by atoms with Crippen molar-refractivity contribution in [3.8, 4) is 0 Å². The van der Waals surface area contributed by atoms with E-state index < -0.39 is 0 Å². The van der Waals surface area contributed by atoms with E-state index in [9.17, 15) is 4.79 Å². The summed E-state index contributed by atoms with van der Waals surface area (Å²) < 4.78 is 5.66. The Labute approximate surface area is 159 Å². The van der Waals surface area contributed by atoms with Crippen LogP contribution in [-0.2, 0) is 16.0 Å². The smallest absolute Gasteiger partial charge is 0.227 e. The van der Waals surface area contributed by atoms with Gasteiger partial charge in [-0.3, -0.25) is 9.69 Å². The van der Waals surface area contributed by atoms with E-state index in [4.69, 9.17) is 4.74 Å². The fourth-order valence-corrected chi connectivity index (χ4v) is 4.24. The van der Waals surface area contributed by atoms with Gasteiger partial charge in [0.25, 0.3) is 0 Å². The molecule has 1 aliphatic rings. The molecule has 1 fully saturated rings. The zero-order valence-corrected chi connectivity index (χ0v) is 16.2. The van der Waals surface area contributed by atoms with Gasteiger partial charge in [-0.15, -0.1) is 11.3 Å². The Kier molecular flexibility index (Phi) is 6.77. The molecule has 1 amide bonds. The zero-order chi connectivity index (χ0) is 18.4. The van der Waals surface area contributed by atoms with Crippen molar-refractivity contribution in [2.45, 2.75) is 38.5 Å². The number of nitrogens with one attached hydrogen (secondary N) is 1. The number of aromatic nitrogens is 1. The van der Waals surface area contributed by atoms with E-state index in [-0.39, 0.29) is 24.1 Å². The van der Waals surface area contributed by atoms with Gasteiger partial charge in [-0.2, -0.15) is 0 Å². The molecule has 1 aromatic heterocycles. The van der Waals surface area contributed by atoms with Crippen LogP contribution in [-0.4, -0.2) is 42.2 Å². The van der Waals surface area contributed by atoms with Gasteiger partial charge in [0.2, 0.25) is 5.91 Å².